The molecule has 0 aromatic heterocycles. The Bertz CT molecular complexity index is 1060. The Labute approximate surface area is 228 Å². The number of benzene rings is 1. The Morgan fingerprint density at radius 3 is 2.46 bits per heavy atom. The summed E-state index contributed by atoms with van der Waals surface area (Å²) in [6.45, 7) is 1.05. The van der Waals surface area contributed by atoms with Crippen LogP contribution in [0.15, 0.2) is 24.3 Å². The van der Waals surface area contributed by atoms with Crippen LogP contribution < -0.4 is 45.5 Å². The smallest absolute Gasteiger partial charge is 0.746 e. The van der Waals surface area contributed by atoms with Crippen LogP contribution in [0.3, 0.4) is 0 Å². The van der Waals surface area contributed by atoms with Gasteiger partial charge in [-0.15, -0.1) is 0 Å². The molecule has 1 aliphatic heterocycles. The summed E-state index contributed by atoms with van der Waals surface area (Å²) in [5.41, 5.74) is -2.71. The Hall–Kier alpha value is -1.77. The first-order valence-electron chi connectivity index (χ1n) is 11.6. The number of carbonyl (C=O) groups is 3. The topological polar surface area (TPSA) is 174 Å². The van der Waals surface area contributed by atoms with Gasteiger partial charge in [-0.3, -0.25) is 9.59 Å². The zero-order valence-electron chi connectivity index (χ0n) is 21.6. The first-order chi connectivity index (χ1) is 16.6. The molecule has 35 heavy (non-hydrogen) atoms. The average Bonchev–Trinajstić information content (AvgIpc) is 3.15. The van der Waals surface area contributed by atoms with Crippen molar-refractivity contribution >= 4 is 28.0 Å². The van der Waals surface area contributed by atoms with Gasteiger partial charge < -0.3 is 30.3 Å². The third kappa shape index (κ3) is 10.4. The summed E-state index contributed by atoms with van der Waals surface area (Å²) < 4.78 is 68.1. The summed E-state index contributed by atoms with van der Waals surface area (Å²) in [6, 6.07) is 1.09. The molecule has 190 valence electrons. The number of rotatable bonds is 11. The molecule has 2 rings (SSSR count). The average molecular weight is 528 g/mol. The molecule has 0 aliphatic carbocycles. The number of hydrogen-bond acceptors (Lipinski definition) is 8. The van der Waals surface area contributed by atoms with Gasteiger partial charge in [-0.25, -0.2) is 17.6 Å². The van der Waals surface area contributed by atoms with Crippen LogP contribution >= 0.6 is 0 Å². The van der Waals surface area contributed by atoms with E-state index in [1.54, 1.807) is 13.8 Å². The Balaban J connectivity index is 0.00000684. The molecule has 1 aromatic carbocycles. The van der Waals surface area contributed by atoms with Crippen molar-refractivity contribution in [3.8, 4) is 0 Å². The zero-order chi connectivity index (χ0) is 27.3. The molecule has 14 heteroatoms. The minimum Gasteiger partial charge on any atom is -0.746 e. The van der Waals surface area contributed by atoms with Crippen LogP contribution in [0.25, 0.3) is 0 Å². The monoisotopic (exact) mass is 527 g/mol. The predicted octanol–water partition coefficient (Wildman–Crippen LogP) is -2.65. The van der Waals surface area contributed by atoms with Crippen LogP contribution in [0, 0.1) is 17.7 Å². The van der Waals surface area contributed by atoms with Gasteiger partial charge in [0.15, 0.2) is 5.44 Å². The van der Waals surface area contributed by atoms with Crippen molar-refractivity contribution in [3.05, 3.63) is 35.6 Å². The van der Waals surface area contributed by atoms with E-state index >= 15 is 0 Å². The molecule has 1 heterocycles. The molecule has 1 fully saturated rings. The van der Waals surface area contributed by atoms with E-state index in [2.05, 4.69) is 16.0 Å². The largest absolute Gasteiger partial charge is 1.00 e. The molecule has 3 amide bonds. The van der Waals surface area contributed by atoms with E-state index < -0.39 is 63.8 Å². The molecule has 1 aromatic rings. The first-order valence-corrected chi connectivity index (χ1v) is 12.0. The summed E-state index contributed by atoms with van der Waals surface area (Å²) in [4.78, 5) is 37.3. The van der Waals surface area contributed by atoms with Crippen molar-refractivity contribution in [1.29, 1.82) is 0 Å². The van der Waals surface area contributed by atoms with E-state index in [9.17, 15) is 36.9 Å². The Morgan fingerprint density at radius 1 is 1.31 bits per heavy atom. The maximum absolute atomic E-state index is 13.1. The molecule has 1 unspecified atom stereocenters. The number of halogens is 1. The van der Waals surface area contributed by atoms with Crippen molar-refractivity contribution in [1.82, 2.24) is 16.0 Å². The van der Waals surface area contributed by atoms with Crippen molar-refractivity contribution in [3.63, 3.8) is 0 Å². The number of hydrogen-bond donors (Lipinski definition) is 4. The Morgan fingerprint density at radius 2 is 1.94 bits per heavy atom. The number of amides is 3. The van der Waals surface area contributed by atoms with Gasteiger partial charge in [0.2, 0.25) is 11.8 Å². The van der Waals surface area contributed by atoms with Gasteiger partial charge >= 0.3 is 35.7 Å². The summed E-state index contributed by atoms with van der Waals surface area (Å²) in [7, 11) is -5.27. The second kappa shape index (κ2) is 14.1. The molecule has 1 aliphatic rings. The molecular formula is C21H29FN3NaO8S. The van der Waals surface area contributed by atoms with Crippen molar-refractivity contribution in [2.24, 2.45) is 11.8 Å². The molecule has 4 atom stereocenters. The van der Waals surface area contributed by atoms with Crippen LogP contribution in [0.1, 0.15) is 41.4 Å². The van der Waals surface area contributed by atoms with E-state index in [0.29, 0.717) is 13.0 Å². The molecule has 0 radical (unpaired) electrons. The number of carbonyl (C=O) groups excluding carboxylic acids is 3. The fraction of sp³-hybridized carbons (Fsp3) is 0.571. The first kappa shape index (κ1) is 27.8. The molecule has 0 bridgehead atoms. The van der Waals surface area contributed by atoms with Crippen molar-refractivity contribution < 1.29 is 73.9 Å². The minimum absolute atomic E-state index is 0. The molecule has 4 N–H and O–H groups in total. The number of nitrogens with one attached hydrogen (secondary N) is 3. The van der Waals surface area contributed by atoms with Crippen LogP contribution in [-0.2, 0) is 31.0 Å². The third-order valence-corrected chi connectivity index (χ3v) is 6.01. The quantitative estimate of drug-likeness (QED) is 0.178. The third-order valence-electron chi connectivity index (χ3n) is 5.09. The van der Waals surface area contributed by atoms with Gasteiger partial charge in [0.1, 0.15) is 28.5 Å². The van der Waals surface area contributed by atoms with Gasteiger partial charge in [-0.1, -0.05) is 26.0 Å². The summed E-state index contributed by atoms with van der Waals surface area (Å²) in [5.74, 6) is -2.97. The fourth-order valence-electron chi connectivity index (χ4n) is 3.41. The van der Waals surface area contributed by atoms with Crippen molar-refractivity contribution in [2.75, 3.05) is 6.54 Å². The summed E-state index contributed by atoms with van der Waals surface area (Å²) >= 11 is 0. The fourth-order valence-corrected chi connectivity index (χ4v) is 3.99. The van der Waals surface area contributed by atoms with Gasteiger partial charge in [0, 0.05) is 12.5 Å². The maximum Gasteiger partial charge on any atom is 1.00 e. The predicted molar refractivity (Wildman–Crippen MR) is 116 cm³/mol. The SMILES string of the molecule is [2H]C([2H])(OC(=O)N[C@@H](CC(C)C)C(=O)N[C@@H](C[C@@H]1CCNC1=O)C(O)S(=O)(=O)[O-])c1ccc(F)cc1.[Na+]. The van der Waals surface area contributed by atoms with E-state index in [1.807, 2.05) is 0 Å². The zero-order valence-corrected chi connectivity index (χ0v) is 22.4. The minimum atomic E-state index is -5.27. The number of ether oxygens (including phenoxy) is 1. The van der Waals surface area contributed by atoms with Crippen molar-refractivity contribution in [2.45, 2.75) is 57.2 Å². The van der Waals surface area contributed by atoms with Crippen LogP contribution in [-0.4, -0.2) is 60.0 Å². The van der Waals surface area contributed by atoms with E-state index in [-0.39, 0.29) is 53.9 Å². The summed E-state index contributed by atoms with van der Waals surface area (Å²) in [5, 5.41) is 17.0. The number of aliphatic hydroxyl groups is 1. The number of aliphatic hydroxyl groups excluding tert-OH is 1. The summed E-state index contributed by atoms with van der Waals surface area (Å²) in [6.07, 6.45) is -1.38. The van der Waals surface area contributed by atoms with Crippen LogP contribution in [0.2, 0.25) is 0 Å². The maximum atomic E-state index is 13.1. The standard InChI is InChI=1S/C21H30FN3O8S.Na/c1-12(2)9-16(25-21(29)33-11-13-3-5-15(22)6-4-13)19(27)24-17(20(28)34(30,31)32)10-14-7-8-23-18(14)26;/h3-6,12,14,16-17,20,28H,7-11H2,1-2H3,(H,23,26)(H,24,27)(H,25,29)(H,30,31,32);/q;+1/p-1/t14-,16-,17-,20?;/m0./s1/i11D2;. The molecule has 11 nitrogen and oxygen atoms in total. The van der Waals surface area contributed by atoms with E-state index in [4.69, 9.17) is 7.48 Å². The molecular weight excluding hydrogens is 496 g/mol. The normalized spacial score (nSPS) is 19.4. The van der Waals surface area contributed by atoms with Crippen LogP contribution in [0.4, 0.5) is 9.18 Å². The Kier molecular flexibility index (Phi) is 11.2. The second-order valence-corrected chi connectivity index (χ2v) is 9.80. The molecule has 0 spiro atoms. The second-order valence-electron chi connectivity index (χ2n) is 8.34. The van der Waals surface area contributed by atoms with Gasteiger partial charge in [-0.2, -0.15) is 0 Å². The van der Waals surface area contributed by atoms with Crippen LogP contribution in [0.5, 0.6) is 0 Å². The van der Waals surface area contributed by atoms with E-state index in [1.165, 1.54) is 0 Å². The van der Waals surface area contributed by atoms with Gasteiger partial charge in [0.05, 0.1) is 8.78 Å². The van der Waals surface area contributed by atoms with Gasteiger partial charge in [0.25, 0.3) is 0 Å². The van der Waals surface area contributed by atoms with E-state index in [0.717, 1.165) is 24.3 Å². The van der Waals surface area contributed by atoms with Gasteiger partial charge in [-0.05, 0) is 42.9 Å². The molecule has 1 saturated heterocycles. The number of alkyl carbamates (subject to hydrolysis) is 1. The molecule has 0 saturated carbocycles.